The van der Waals surface area contributed by atoms with E-state index in [9.17, 15) is 13.2 Å². The molecular weight excluding hydrogens is 456 g/mol. The summed E-state index contributed by atoms with van der Waals surface area (Å²) in [7, 11) is 1.68. The van der Waals surface area contributed by atoms with Gasteiger partial charge in [-0.05, 0) is 13.3 Å². The van der Waals surface area contributed by atoms with Gasteiger partial charge in [-0.1, -0.05) is 0 Å². The third-order valence-electron chi connectivity index (χ3n) is 3.53. The fraction of sp³-hybridized carbons (Fsp3) is 0.714. The van der Waals surface area contributed by atoms with Crippen molar-refractivity contribution in [2.24, 2.45) is 10.9 Å². The fourth-order valence-electron chi connectivity index (χ4n) is 2.48. The molecule has 1 aromatic rings. The SMILES string of the molecule is CCNC(=NCc1nc(C(F)(F)F)cs1)N1CCC(COC)C1.I. The Morgan fingerprint density at radius 3 is 2.88 bits per heavy atom. The molecule has 0 bridgehead atoms. The van der Waals surface area contributed by atoms with Gasteiger partial charge in [-0.15, -0.1) is 35.3 Å². The topological polar surface area (TPSA) is 49.8 Å². The van der Waals surface area contributed by atoms with Gasteiger partial charge in [0.25, 0.3) is 0 Å². The van der Waals surface area contributed by atoms with E-state index in [1.54, 1.807) is 7.11 Å². The first kappa shape index (κ1) is 21.4. The summed E-state index contributed by atoms with van der Waals surface area (Å²) < 4.78 is 42.8. The van der Waals surface area contributed by atoms with Gasteiger partial charge in [-0.25, -0.2) is 9.98 Å². The molecule has 1 N–H and O–H groups in total. The number of halogens is 4. The van der Waals surface area contributed by atoms with Gasteiger partial charge in [0.2, 0.25) is 0 Å². The summed E-state index contributed by atoms with van der Waals surface area (Å²) in [5.41, 5.74) is -0.848. The number of alkyl halides is 3. The molecular formula is C14H22F3IN4OS. The highest BCUT2D eigenvalue weighted by atomic mass is 127. The van der Waals surface area contributed by atoms with Crippen LogP contribution in [0.25, 0.3) is 0 Å². The van der Waals surface area contributed by atoms with E-state index in [0.29, 0.717) is 24.1 Å². The number of nitrogens with zero attached hydrogens (tertiary/aromatic N) is 3. The Morgan fingerprint density at radius 2 is 2.29 bits per heavy atom. The van der Waals surface area contributed by atoms with Crippen molar-refractivity contribution in [3.05, 3.63) is 16.1 Å². The van der Waals surface area contributed by atoms with Crippen LogP contribution in [0.4, 0.5) is 13.2 Å². The number of ether oxygens (including phenoxy) is 1. The highest BCUT2D eigenvalue weighted by molar-refractivity contribution is 14.0. The monoisotopic (exact) mass is 478 g/mol. The van der Waals surface area contributed by atoms with Crippen molar-refractivity contribution in [2.45, 2.75) is 26.1 Å². The third kappa shape index (κ3) is 6.03. The molecule has 0 aromatic carbocycles. The summed E-state index contributed by atoms with van der Waals surface area (Å²) >= 11 is 0.983. The predicted molar refractivity (Wildman–Crippen MR) is 98.9 cm³/mol. The number of hydrogen-bond donors (Lipinski definition) is 1. The minimum Gasteiger partial charge on any atom is -0.384 e. The van der Waals surface area contributed by atoms with Crippen LogP contribution in [0.15, 0.2) is 10.4 Å². The highest BCUT2D eigenvalue weighted by Gasteiger charge is 2.33. The van der Waals surface area contributed by atoms with E-state index < -0.39 is 11.9 Å². The van der Waals surface area contributed by atoms with Crippen LogP contribution in [-0.2, 0) is 17.5 Å². The fourth-order valence-corrected chi connectivity index (χ4v) is 3.20. The molecule has 1 saturated heterocycles. The van der Waals surface area contributed by atoms with Gasteiger partial charge in [0.05, 0.1) is 13.2 Å². The molecule has 2 heterocycles. The number of likely N-dealkylation sites (tertiary alicyclic amines) is 1. The van der Waals surface area contributed by atoms with Gasteiger partial charge >= 0.3 is 6.18 Å². The molecule has 138 valence electrons. The van der Waals surface area contributed by atoms with E-state index in [-0.39, 0.29) is 30.5 Å². The number of methoxy groups -OCH3 is 1. The first-order chi connectivity index (χ1) is 10.9. The summed E-state index contributed by atoms with van der Waals surface area (Å²) in [6.07, 6.45) is -3.38. The van der Waals surface area contributed by atoms with Gasteiger partial charge in [0.1, 0.15) is 5.01 Å². The van der Waals surface area contributed by atoms with Crippen LogP contribution in [0.3, 0.4) is 0 Å². The lowest BCUT2D eigenvalue weighted by Crippen LogP contribution is -2.40. The van der Waals surface area contributed by atoms with E-state index in [2.05, 4.69) is 20.2 Å². The number of aliphatic imine (C=N–C) groups is 1. The maximum atomic E-state index is 12.6. The minimum atomic E-state index is -4.40. The molecule has 0 spiro atoms. The minimum absolute atomic E-state index is 0. The maximum Gasteiger partial charge on any atom is 0.434 e. The van der Waals surface area contributed by atoms with Gasteiger partial charge in [0.15, 0.2) is 11.7 Å². The van der Waals surface area contributed by atoms with Crippen LogP contribution in [0.2, 0.25) is 0 Å². The van der Waals surface area contributed by atoms with E-state index in [1.807, 2.05) is 6.92 Å². The van der Waals surface area contributed by atoms with Crippen molar-refractivity contribution in [2.75, 3.05) is 33.4 Å². The van der Waals surface area contributed by atoms with Crippen molar-refractivity contribution in [1.82, 2.24) is 15.2 Å². The van der Waals surface area contributed by atoms with Crippen molar-refractivity contribution in [3.63, 3.8) is 0 Å². The molecule has 0 amide bonds. The Morgan fingerprint density at radius 1 is 1.54 bits per heavy atom. The Kier molecular flexibility index (Phi) is 8.71. The zero-order valence-corrected chi connectivity index (χ0v) is 16.7. The van der Waals surface area contributed by atoms with Gasteiger partial charge in [-0.3, -0.25) is 0 Å². The smallest absolute Gasteiger partial charge is 0.384 e. The number of nitrogens with one attached hydrogen (secondary N) is 1. The van der Waals surface area contributed by atoms with Gasteiger partial charge in [0, 0.05) is 38.0 Å². The Hall–Kier alpha value is -0.620. The van der Waals surface area contributed by atoms with Crippen molar-refractivity contribution < 1.29 is 17.9 Å². The molecule has 1 aliphatic heterocycles. The number of hydrogen-bond acceptors (Lipinski definition) is 4. The van der Waals surface area contributed by atoms with Gasteiger partial charge in [-0.2, -0.15) is 13.2 Å². The zero-order valence-electron chi connectivity index (χ0n) is 13.6. The van der Waals surface area contributed by atoms with Crippen LogP contribution < -0.4 is 5.32 Å². The largest absolute Gasteiger partial charge is 0.434 e. The summed E-state index contributed by atoms with van der Waals surface area (Å²) in [6, 6.07) is 0. The Balaban J connectivity index is 0.00000288. The van der Waals surface area contributed by atoms with Crippen LogP contribution in [0.1, 0.15) is 24.0 Å². The zero-order chi connectivity index (χ0) is 16.9. The normalized spacial score (nSPS) is 18.6. The molecule has 10 heteroatoms. The second kappa shape index (κ2) is 9.76. The quantitative estimate of drug-likeness (QED) is 0.401. The summed E-state index contributed by atoms with van der Waals surface area (Å²) in [4.78, 5) is 10.1. The van der Waals surface area contributed by atoms with Gasteiger partial charge < -0.3 is 15.0 Å². The average molecular weight is 478 g/mol. The lowest BCUT2D eigenvalue weighted by Gasteiger charge is -2.21. The molecule has 0 aliphatic carbocycles. The Labute approximate surface area is 160 Å². The average Bonchev–Trinajstić information content (AvgIpc) is 3.12. The van der Waals surface area contributed by atoms with E-state index in [1.165, 1.54) is 0 Å². The molecule has 1 atom stereocenters. The summed E-state index contributed by atoms with van der Waals surface area (Å²) in [5.74, 6) is 1.18. The van der Waals surface area contributed by atoms with Crippen molar-refractivity contribution >= 4 is 41.3 Å². The number of rotatable bonds is 5. The molecule has 0 radical (unpaired) electrons. The highest BCUT2D eigenvalue weighted by Crippen LogP contribution is 2.30. The summed E-state index contributed by atoms with van der Waals surface area (Å²) in [6.45, 7) is 5.22. The predicted octanol–water partition coefficient (Wildman–Crippen LogP) is 3.21. The molecule has 1 unspecified atom stereocenters. The summed E-state index contributed by atoms with van der Waals surface area (Å²) in [5, 5.41) is 4.58. The number of thiazole rings is 1. The second-order valence-corrected chi connectivity index (χ2v) is 6.29. The lowest BCUT2D eigenvalue weighted by molar-refractivity contribution is -0.140. The van der Waals surface area contributed by atoms with Crippen LogP contribution >= 0.6 is 35.3 Å². The van der Waals surface area contributed by atoms with E-state index in [4.69, 9.17) is 4.74 Å². The van der Waals surface area contributed by atoms with Crippen molar-refractivity contribution in [3.8, 4) is 0 Å². The Bertz CT molecular complexity index is 538. The van der Waals surface area contributed by atoms with E-state index in [0.717, 1.165) is 42.2 Å². The number of aromatic nitrogens is 1. The molecule has 1 aliphatic rings. The van der Waals surface area contributed by atoms with E-state index >= 15 is 0 Å². The van der Waals surface area contributed by atoms with Crippen LogP contribution in [0, 0.1) is 5.92 Å². The number of guanidine groups is 1. The molecule has 1 fully saturated rings. The molecule has 2 rings (SSSR count). The standard InChI is InChI=1S/C14H21F3N4OS.HI/c1-3-18-13(21-5-4-10(7-21)8-22-2)19-6-12-20-11(9-23-12)14(15,16)17;/h9-10H,3-8H2,1-2H3,(H,18,19);1H. The second-order valence-electron chi connectivity index (χ2n) is 5.35. The maximum absolute atomic E-state index is 12.6. The molecule has 24 heavy (non-hydrogen) atoms. The first-order valence-corrected chi connectivity index (χ1v) is 8.35. The molecule has 0 saturated carbocycles. The lowest BCUT2D eigenvalue weighted by atomic mass is 10.1. The third-order valence-corrected chi connectivity index (χ3v) is 4.36. The van der Waals surface area contributed by atoms with Crippen molar-refractivity contribution in [1.29, 1.82) is 0 Å². The van der Waals surface area contributed by atoms with Crippen LogP contribution in [0.5, 0.6) is 0 Å². The van der Waals surface area contributed by atoms with Crippen LogP contribution in [-0.4, -0.2) is 49.2 Å². The molecule has 1 aromatic heterocycles. The first-order valence-electron chi connectivity index (χ1n) is 7.47. The molecule has 5 nitrogen and oxygen atoms in total.